The van der Waals surface area contributed by atoms with E-state index in [1.54, 1.807) is 12.1 Å². The molecule has 23 heavy (non-hydrogen) atoms. The highest BCUT2D eigenvalue weighted by atomic mass is 32.2. The van der Waals surface area contributed by atoms with E-state index in [0.717, 1.165) is 5.56 Å². The molecule has 0 aliphatic heterocycles. The third-order valence-corrected chi connectivity index (χ3v) is 4.11. The quantitative estimate of drug-likeness (QED) is 0.733. The van der Waals surface area contributed by atoms with E-state index in [2.05, 4.69) is 10.6 Å². The van der Waals surface area contributed by atoms with Crippen LogP contribution in [0.5, 0.6) is 0 Å². The zero-order valence-electron chi connectivity index (χ0n) is 12.2. The number of thiocarbonyl (C=S) groups is 1. The van der Waals surface area contributed by atoms with Crippen LogP contribution in [0.25, 0.3) is 0 Å². The fourth-order valence-corrected chi connectivity index (χ4v) is 2.50. The molecule has 120 valence electrons. The van der Waals surface area contributed by atoms with E-state index >= 15 is 0 Å². The highest BCUT2D eigenvalue weighted by Gasteiger charge is 2.09. The van der Waals surface area contributed by atoms with E-state index < -0.39 is 10.0 Å². The number of anilines is 1. The van der Waals surface area contributed by atoms with Gasteiger partial charge in [0.05, 0.1) is 4.90 Å². The van der Waals surface area contributed by atoms with Crippen LogP contribution in [0.15, 0.2) is 53.4 Å². The topological polar surface area (TPSA) is 101 Å². The van der Waals surface area contributed by atoms with Crippen molar-refractivity contribution in [2.45, 2.75) is 11.8 Å². The van der Waals surface area contributed by atoms with Crippen molar-refractivity contribution in [3.8, 4) is 0 Å². The van der Waals surface area contributed by atoms with Crippen LogP contribution in [0.2, 0.25) is 0 Å². The van der Waals surface area contributed by atoms with Crippen LogP contribution in [0.4, 0.5) is 5.69 Å². The first-order valence-corrected chi connectivity index (χ1v) is 8.53. The molecule has 0 spiro atoms. The molecule has 2 aromatic carbocycles. The van der Waals surface area contributed by atoms with Gasteiger partial charge in [0.1, 0.15) is 0 Å². The summed E-state index contributed by atoms with van der Waals surface area (Å²) in [5.41, 5.74) is 2.08. The van der Waals surface area contributed by atoms with Crippen molar-refractivity contribution in [3.05, 3.63) is 59.7 Å². The van der Waals surface area contributed by atoms with Crippen molar-refractivity contribution in [2.75, 3.05) is 5.32 Å². The summed E-state index contributed by atoms with van der Waals surface area (Å²) in [6, 6.07) is 12.8. The van der Waals surface area contributed by atoms with Crippen LogP contribution in [0.1, 0.15) is 15.9 Å². The molecule has 8 heteroatoms. The lowest BCUT2D eigenvalue weighted by Crippen LogP contribution is -2.34. The minimum absolute atomic E-state index is 0.00217. The van der Waals surface area contributed by atoms with Crippen LogP contribution >= 0.6 is 12.2 Å². The van der Waals surface area contributed by atoms with Gasteiger partial charge >= 0.3 is 0 Å². The zero-order chi connectivity index (χ0) is 17.0. The molecule has 0 fully saturated rings. The molecule has 0 saturated carbocycles. The van der Waals surface area contributed by atoms with Crippen LogP contribution in [0, 0.1) is 6.92 Å². The van der Waals surface area contributed by atoms with Gasteiger partial charge in [-0.25, -0.2) is 13.6 Å². The maximum absolute atomic E-state index is 12.0. The van der Waals surface area contributed by atoms with Crippen molar-refractivity contribution in [2.24, 2.45) is 5.14 Å². The number of primary sulfonamides is 1. The predicted molar refractivity (Wildman–Crippen MR) is 92.7 cm³/mol. The Hall–Kier alpha value is -2.29. The Morgan fingerprint density at radius 2 is 1.61 bits per heavy atom. The molecule has 2 aromatic rings. The number of carbonyl (C=O) groups excluding carboxylic acids is 1. The average Bonchev–Trinajstić information content (AvgIpc) is 2.47. The number of nitrogens with one attached hydrogen (secondary N) is 2. The minimum atomic E-state index is -3.74. The van der Waals surface area contributed by atoms with Gasteiger partial charge in [-0.1, -0.05) is 17.7 Å². The molecule has 1 amide bonds. The number of sulfonamides is 1. The largest absolute Gasteiger partial charge is 0.332 e. The number of aryl methyl sites for hydroxylation is 1. The van der Waals surface area contributed by atoms with Crippen molar-refractivity contribution in [3.63, 3.8) is 0 Å². The van der Waals surface area contributed by atoms with Gasteiger partial charge in [-0.3, -0.25) is 10.1 Å². The Morgan fingerprint density at radius 3 is 2.13 bits per heavy atom. The lowest BCUT2D eigenvalue weighted by atomic mass is 10.1. The summed E-state index contributed by atoms with van der Waals surface area (Å²) in [6.07, 6.45) is 0. The number of rotatable bonds is 3. The second kappa shape index (κ2) is 6.86. The zero-order valence-corrected chi connectivity index (χ0v) is 13.9. The molecule has 0 atom stereocenters. The summed E-state index contributed by atoms with van der Waals surface area (Å²) in [6.45, 7) is 1.93. The first-order chi connectivity index (χ1) is 10.8. The summed E-state index contributed by atoms with van der Waals surface area (Å²) in [4.78, 5) is 12.0. The lowest BCUT2D eigenvalue weighted by molar-refractivity contribution is 0.0977. The van der Waals surface area contributed by atoms with Crippen LogP contribution in [-0.4, -0.2) is 19.4 Å². The molecule has 0 aliphatic carbocycles. The normalized spacial score (nSPS) is 10.9. The van der Waals surface area contributed by atoms with E-state index in [1.807, 2.05) is 19.1 Å². The third kappa shape index (κ3) is 4.85. The predicted octanol–water partition coefficient (Wildman–Crippen LogP) is 1.77. The Morgan fingerprint density at radius 1 is 1.04 bits per heavy atom. The molecule has 6 nitrogen and oxygen atoms in total. The first kappa shape index (κ1) is 17.1. The van der Waals surface area contributed by atoms with E-state index in [0.29, 0.717) is 11.3 Å². The van der Waals surface area contributed by atoms with Gasteiger partial charge in [0.2, 0.25) is 10.0 Å². The molecule has 0 radical (unpaired) electrons. The van der Waals surface area contributed by atoms with Gasteiger partial charge in [-0.2, -0.15) is 0 Å². The molecular weight excluding hydrogens is 334 g/mol. The van der Waals surface area contributed by atoms with E-state index in [1.165, 1.54) is 24.3 Å². The fourth-order valence-electron chi connectivity index (χ4n) is 1.77. The monoisotopic (exact) mass is 349 g/mol. The van der Waals surface area contributed by atoms with Gasteiger partial charge < -0.3 is 5.32 Å². The highest BCUT2D eigenvalue weighted by Crippen LogP contribution is 2.12. The molecule has 2 rings (SSSR count). The summed E-state index contributed by atoms with van der Waals surface area (Å²) in [5, 5.41) is 10.5. The third-order valence-electron chi connectivity index (χ3n) is 2.98. The number of carbonyl (C=O) groups is 1. The molecule has 0 aliphatic rings. The fraction of sp³-hybridized carbons (Fsp3) is 0.0667. The van der Waals surface area contributed by atoms with Gasteiger partial charge in [-0.15, -0.1) is 0 Å². The molecule has 0 aromatic heterocycles. The number of amides is 1. The highest BCUT2D eigenvalue weighted by molar-refractivity contribution is 7.89. The molecular formula is C15H15N3O3S2. The number of benzene rings is 2. The van der Waals surface area contributed by atoms with Crippen molar-refractivity contribution < 1.29 is 13.2 Å². The average molecular weight is 349 g/mol. The standard InChI is InChI=1S/C15H15N3O3S2/c1-10-2-4-11(5-3-10)14(19)18-15(22)17-12-6-8-13(9-7-12)23(16,20)21/h2-9H,1H3,(H2,16,20,21)(H2,17,18,19,22). The summed E-state index contributed by atoms with van der Waals surface area (Å²) < 4.78 is 22.3. The van der Waals surface area contributed by atoms with E-state index in [9.17, 15) is 13.2 Å². The number of hydrogen-bond acceptors (Lipinski definition) is 4. The van der Waals surface area contributed by atoms with Crippen LogP contribution in [-0.2, 0) is 10.0 Å². The molecule has 4 N–H and O–H groups in total. The number of hydrogen-bond donors (Lipinski definition) is 3. The second-order valence-electron chi connectivity index (χ2n) is 4.84. The molecule has 0 unspecified atom stereocenters. The van der Waals surface area contributed by atoms with Crippen molar-refractivity contribution in [1.29, 1.82) is 0 Å². The summed E-state index contributed by atoms with van der Waals surface area (Å²) in [7, 11) is -3.74. The Kier molecular flexibility index (Phi) is 5.09. The van der Waals surface area contributed by atoms with Crippen molar-refractivity contribution >= 4 is 38.9 Å². The maximum Gasteiger partial charge on any atom is 0.257 e. The summed E-state index contributed by atoms with van der Waals surface area (Å²) in [5.74, 6) is -0.330. The first-order valence-electron chi connectivity index (χ1n) is 6.57. The Labute approximate surface area is 139 Å². The summed E-state index contributed by atoms with van der Waals surface area (Å²) >= 11 is 5.06. The maximum atomic E-state index is 12.0. The minimum Gasteiger partial charge on any atom is -0.332 e. The van der Waals surface area contributed by atoms with E-state index in [4.69, 9.17) is 17.4 Å². The lowest BCUT2D eigenvalue weighted by Gasteiger charge is -2.10. The Bertz CT molecular complexity index is 829. The smallest absolute Gasteiger partial charge is 0.257 e. The SMILES string of the molecule is Cc1ccc(C(=O)NC(=S)Nc2ccc(S(N)(=O)=O)cc2)cc1. The Balaban J connectivity index is 1.99. The molecule has 0 bridgehead atoms. The van der Waals surface area contributed by atoms with Crippen LogP contribution in [0.3, 0.4) is 0 Å². The van der Waals surface area contributed by atoms with Gasteiger partial charge in [0.25, 0.3) is 5.91 Å². The molecule has 0 heterocycles. The van der Waals surface area contributed by atoms with Gasteiger partial charge in [-0.05, 0) is 55.5 Å². The van der Waals surface area contributed by atoms with E-state index in [-0.39, 0.29) is 15.9 Å². The second-order valence-corrected chi connectivity index (χ2v) is 6.81. The number of nitrogens with two attached hydrogens (primary N) is 1. The van der Waals surface area contributed by atoms with Gasteiger partial charge in [0.15, 0.2) is 5.11 Å². The molecule has 0 saturated heterocycles. The van der Waals surface area contributed by atoms with Gasteiger partial charge in [0, 0.05) is 11.3 Å². The van der Waals surface area contributed by atoms with Crippen molar-refractivity contribution in [1.82, 2.24) is 5.32 Å². The van der Waals surface area contributed by atoms with Crippen LogP contribution < -0.4 is 15.8 Å².